The molecule has 0 N–H and O–H groups in total. The fraction of sp³-hybridized carbons (Fsp3) is 0. The SMILES string of the molecule is C=C/C=C(\C=C)N(C1=CC=IC=C1)c1ccccc1. The molecule has 1 aromatic rings. The number of hydrogen-bond donors (Lipinski definition) is 0. The second-order valence-corrected chi connectivity index (χ2v) is 6.00. The molecule has 1 aromatic carbocycles. The van der Waals surface area contributed by atoms with E-state index in [0.29, 0.717) is 0 Å². The van der Waals surface area contributed by atoms with Crippen LogP contribution in [0.3, 0.4) is 0 Å². The molecule has 0 atom stereocenters. The minimum atomic E-state index is 0.0852. The standard InChI is InChI=1S/C17H16IN/c1-3-8-15(4-2)19(16-9-6-5-7-10-16)17-11-13-18-14-12-17/h3-14H,1-2H2/b15-8+. The average Bonchev–Trinajstić information content (AvgIpc) is 2.49. The van der Waals surface area contributed by atoms with Gasteiger partial charge in [-0.05, 0) is 44.5 Å². The van der Waals surface area contributed by atoms with Gasteiger partial charge in [0.2, 0.25) is 0 Å². The van der Waals surface area contributed by atoms with Gasteiger partial charge in [0.25, 0.3) is 0 Å². The Kier molecular flexibility index (Phi) is 5.10. The van der Waals surface area contributed by atoms with E-state index >= 15 is 0 Å². The lowest BCUT2D eigenvalue weighted by atomic mass is 10.2. The van der Waals surface area contributed by atoms with E-state index in [4.69, 9.17) is 0 Å². The highest BCUT2D eigenvalue weighted by Gasteiger charge is 2.12. The largest absolute Gasteiger partial charge is 0.310 e. The third-order valence-electron chi connectivity index (χ3n) is 2.64. The summed E-state index contributed by atoms with van der Waals surface area (Å²) >= 11 is 0.0852. The summed E-state index contributed by atoms with van der Waals surface area (Å²) in [4.78, 5) is 2.19. The molecule has 1 heterocycles. The summed E-state index contributed by atoms with van der Waals surface area (Å²) in [5.74, 6) is 0. The maximum atomic E-state index is 3.91. The van der Waals surface area contributed by atoms with Crippen molar-refractivity contribution in [3.05, 3.63) is 89.3 Å². The van der Waals surface area contributed by atoms with E-state index < -0.39 is 0 Å². The second-order valence-electron chi connectivity index (χ2n) is 3.84. The number of halogens is 1. The van der Waals surface area contributed by atoms with Gasteiger partial charge in [-0.25, -0.2) is 0 Å². The first kappa shape index (κ1) is 13.7. The molecule has 1 aliphatic heterocycles. The van der Waals surface area contributed by atoms with E-state index in [0.717, 1.165) is 17.1 Å². The Labute approximate surface area is 124 Å². The average molecular weight is 361 g/mol. The smallest absolute Gasteiger partial charge is 0.0470 e. The summed E-state index contributed by atoms with van der Waals surface area (Å²) in [7, 11) is 0. The van der Waals surface area contributed by atoms with Crippen LogP contribution in [-0.4, -0.2) is 4.01 Å². The monoisotopic (exact) mass is 361 g/mol. The summed E-state index contributed by atoms with van der Waals surface area (Å²) in [6.07, 6.45) is 9.98. The lowest BCUT2D eigenvalue weighted by Crippen LogP contribution is -2.20. The van der Waals surface area contributed by atoms with Crippen molar-refractivity contribution in [2.24, 2.45) is 0 Å². The summed E-state index contributed by atoms with van der Waals surface area (Å²) in [6, 6.07) is 10.3. The number of benzene rings is 1. The normalized spacial score (nSPS) is 14.3. The Morgan fingerprint density at radius 3 is 2.53 bits per heavy atom. The van der Waals surface area contributed by atoms with Crippen LogP contribution >= 0.6 is 20.7 Å². The van der Waals surface area contributed by atoms with Crippen molar-refractivity contribution < 1.29 is 0 Å². The lowest BCUT2D eigenvalue weighted by molar-refractivity contribution is 1.15. The molecule has 0 aromatic heterocycles. The Morgan fingerprint density at radius 2 is 1.95 bits per heavy atom. The third kappa shape index (κ3) is 3.41. The number of anilines is 1. The second kappa shape index (κ2) is 7.04. The fourth-order valence-electron chi connectivity index (χ4n) is 1.83. The van der Waals surface area contributed by atoms with Crippen molar-refractivity contribution in [2.45, 2.75) is 0 Å². The molecule has 2 heteroatoms. The van der Waals surface area contributed by atoms with Crippen molar-refractivity contribution >= 4 is 30.4 Å². The van der Waals surface area contributed by atoms with E-state index in [9.17, 15) is 0 Å². The van der Waals surface area contributed by atoms with Crippen LogP contribution in [0.15, 0.2) is 89.3 Å². The number of rotatable bonds is 5. The molecule has 0 fully saturated rings. The zero-order chi connectivity index (χ0) is 13.5. The maximum Gasteiger partial charge on any atom is 0.0470 e. The molecule has 0 radical (unpaired) electrons. The highest BCUT2D eigenvalue weighted by Crippen LogP contribution is 2.27. The van der Waals surface area contributed by atoms with Crippen molar-refractivity contribution in [1.82, 2.24) is 0 Å². The third-order valence-corrected chi connectivity index (χ3v) is 4.19. The number of nitrogens with zero attached hydrogens (tertiary/aromatic N) is 1. The fourth-order valence-corrected chi connectivity index (χ4v) is 3.22. The molecule has 1 aliphatic rings. The van der Waals surface area contributed by atoms with Gasteiger partial charge in [0.1, 0.15) is 0 Å². The molecule has 1 nitrogen and oxygen atoms in total. The Bertz CT molecular complexity index is 569. The number of para-hydroxylation sites is 1. The molecule has 0 aliphatic carbocycles. The summed E-state index contributed by atoms with van der Waals surface area (Å²) in [5, 5.41) is 0. The molecule has 0 unspecified atom stereocenters. The Morgan fingerprint density at radius 1 is 1.16 bits per heavy atom. The van der Waals surface area contributed by atoms with E-state index in [1.54, 1.807) is 6.08 Å². The van der Waals surface area contributed by atoms with Crippen LogP contribution in [0.1, 0.15) is 0 Å². The highest BCUT2D eigenvalue weighted by molar-refractivity contribution is 14.2. The van der Waals surface area contributed by atoms with Crippen LogP contribution in [0.25, 0.3) is 0 Å². The zero-order valence-corrected chi connectivity index (χ0v) is 12.8. The van der Waals surface area contributed by atoms with Gasteiger partial charge in [0, 0.05) is 17.1 Å². The molecule has 0 saturated carbocycles. The predicted octanol–water partition coefficient (Wildman–Crippen LogP) is 4.93. The van der Waals surface area contributed by atoms with Crippen LogP contribution < -0.4 is 4.90 Å². The van der Waals surface area contributed by atoms with Gasteiger partial charge in [-0.15, -0.1) is 0 Å². The van der Waals surface area contributed by atoms with Crippen LogP contribution in [0.2, 0.25) is 0 Å². The molecule has 0 bridgehead atoms. The first-order valence-corrected chi connectivity index (χ1v) is 8.48. The minimum absolute atomic E-state index is 0.0852. The number of allylic oxidation sites excluding steroid dienone is 5. The van der Waals surface area contributed by atoms with E-state index in [1.807, 2.05) is 30.4 Å². The summed E-state index contributed by atoms with van der Waals surface area (Å²) in [6.45, 7) is 7.69. The van der Waals surface area contributed by atoms with Gasteiger partial charge in [0.15, 0.2) is 0 Å². The zero-order valence-electron chi connectivity index (χ0n) is 10.7. The lowest BCUT2D eigenvalue weighted by Gasteiger charge is -2.27. The molecule has 0 spiro atoms. The van der Waals surface area contributed by atoms with Crippen molar-refractivity contribution in [2.75, 3.05) is 4.90 Å². The van der Waals surface area contributed by atoms with Crippen LogP contribution in [0.4, 0.5) is 5.69 Å². The Hall–Kier alpha value is -1.68. The molecule has 0 saturated heterocycles. The molecule has 96 valence electrons. The molecular formula is C17H16IN. The molecule has 19 heavy (non-hydrogen) atoms. The quantitative estimate of drug-likeness (QED) is 0.531. The van der Waals surface area contributed by atoms with Crippen LogP contribution in [0, 0.1) is 0 Å². The molecule has 0 amide bonds. The topological polar surface area (TPSA) is 3.24 Å². The van der Waals surface area contributed by atoms with Crippen LogP contribution in [0.5, 0.6) is 0 Å². The van der Waals surface area contributed by atoms with Gasteiger partial charge < -0.3 is 4.90 Å². The van der Waals surface area contributed by atoms with Gasteiger partial charge in [-0.3, -0.25) is 0 Å². The predicted molar refractivity (Wildman–Crippen MR) is 94.7 cm³/mol. The summed E-state index contributed by atoms with van der Waals surface area (Å²) in [5.41, 5.74) is 3.30. The van der Waals surface area contributed by atoms with Crippen LogP contribution in [-0.2, 0) is 0 Å². The van der Waals surface area contributed by atoms with E-state index in [2.05, 4.69) is 50.4 Å². The molecular weight excluding hydrogens is 345 g/mol. The van der Waals surface area contributed by atoms with E-state index in [-0.39, 0.29) is 20.7 Å². The van der Waals surface area contributed by atoms with Crippen molar-refractivity contribution in [1.29, 1.82) is 0 Å². The van der Waals surface area contributed by atoms with Gasteiger partial charge >= 0.3 is 0 Å². The summed E-state index contributed by atoms with van der Waals surface area (Å²) < 4.78 is 4.53. The Balaban J connectivity index is 2.50. The van der Waals surface area contributed by atoms with E-state index in [1.165, 1.54) is 0 Å². The first-order chi connectivity index (χ1) is 9.36. The van der Waals surface area contributed by atoms with Gasteiger partial charge in [0.05, 0.1) is 0 Å². The van der Waals surface area contributed by atoms with Crippen molar-refractivity contribution in [3.63, 3.8) is 0 Å². The minimum Gasteiger partial charge on any atom is -0.310 e. The van der Waals surface area contributed by atoms with Gasteiger partial charge in [-0.1, -0.05) is 58.2 Å². The highest BCUT2D eigenvalue weighted by atomic mass is 127. The van der Waals surface area contributed by atoms with Crippen molar-refractivity contribution in [3.8, 4) is 0 Å². The first-order valence-electron chi connectivity index (χ1n) is 5.99. The van der Waals surface area contributed by atoms with Gasteiger partial charge in [-0.2, -0.15) is 0 Å². The maximum absolute atomic E-state index is 3.91. The molecule has 2 rings (SSSR count). The number of hydrogen-bond acceptors (Lipinski definition) is 1.